The molecule has 0 aromatic heterocycles. The lowest BCUT2D eigenvalue weighted by atomic mass is 10.0. The number of rotatable bonds is 54. The van der Waals surface area contributed by atoms with Gasteiger partial charge in [-0.1, -0.05) is 264 Å². The van der Waals surface area contributed by atoms with Crippen LogP contribution in [-0.2, 0) is 28.6 Å². The van der Waals surface area contributed by atoms with E-state index in [4.69, 9.17) is 14.2 Å². The van der Waals surface area contributed by atoms with Crippen LogP contribution >= 0.6 is 0 Å². The van der Waals surface area contributed by atoms with Crippen molar-refractivity contribution in [2.24, 2.45) is 0 Å². The van der Waals surface area contributed by atoms with Crippen molar-refractivity contribution in [2.45, 2.75) is 277 Å². The first-order valence-corrected chi connectivity index (χ1v) is 30.5. The molecule has 0 N–H and O–H groups in total. The Morgan fingerprint density at radius 3 is 0.919 bits per heavy atom. The molecule has 0 saturated heterocycles. The normalized spacial score (nSPS) is 13.0. The second kappa shape index (κ2) is 61.4. The van der Waals surface area contributed by atoms with Gasteiger partial charge in [-0.15, -0.1) is 0 Å². The number of carbonyl (C=O) groups is 3. The zero-order valence-electron chi connectivity index (χ0n) is 48.1. The maximum absolute atomic E-state index is 12.9. The highest BCUT2D eigenvalue weighted by Gasteiger charge is 2.19. The molecule has 0 spiro atoms. The van der Waals surface area contributed by atoms with Gasteiger partial charge >= 0.3 is 17.9 Å². The third-order valence-corrected chi connectivity index (χ3v) is 12.7. The van der Waals surface area contributed by atoms with Gasteiger partial charge in [-0.25, -0.2) is 0 Å². The zero-order chi connectivity index (χ0) is 53.6. The maximum atomic E-state index is 12.9. The molecule has 6 heteroatoms. The summed E-state index contributed by atoms with van der Waals surface area (Å²) >= 11 is 0. The van der Waals surface area contributed by atoms with E-state index in [-0.39, 0.29) is 37.5 Å². The van der Waals surface area contributed by atoms with E-state index >= 15 is 0 Å². The predicted octanol–water partition coefficient (Wildman–Crippen LogP) is 20.8. The summed E-state index contributed by atoms with van der Waals surface area (Å²) in [6.45, 7) is 6.45. The van der Waals surface area contributed by atoms with Gasteiger partial charge in [0.15, 0.2) is 6.10 Å². The number of carbonyl (C=O) groups excluding carboxylic acids is 3. The second-order valence-corrected chi connectivity index (χ2v) is 19.9. The summed E-state index contributed by atoms with van der Waals surface area (Å²) < 4.78 is 16.8. The average molecular weight is 1030 g/mol. The van der Waals surface area contributed by atoms with Crippen molar-refractivity contribution in [3.8, 4) is 0 Å². The number of allylic oxidation sites excluding steroid dienone is 20. The molecule has 0 aliphatic rings. The lowest BCUT2D eigenvalue weighted by Gasteiger charge is -2.18. The highest BCUT2D eigenvalue weighted by atomic mass is 16.6. The van der Waals surface area contributed by atoms with Gasteiger partial charge in [-0.2, -0.15) is 0 Å². The molecule has 420 valence electrons. The van der Waals surface area contributed by atoms with E-state index in [0.29, 0.717) is 19.3 Å². The lowest BCUT2D eigenvalue weighted by Crippen LogP contribution is -2.30. The summed E-state index contributed by atoms with van der Waals surface area (Å²) in [4.78, 5) is 38.1. The van der Waals surface area contributed by atoms with E-state index < -0.39 is 6.10 Å². The van der Waals surface area contributed by atoms with E-state index in [2.05, 4.69) is 142 Å². The molecule has 0 bridgehead atoms. The van der Waals surface area contributed by atoms with Crippen molar-refractivity contribution in [1.82, 2.24) is 0 Å². The van der Waals surface area contributed by atoms with Gasteiger partial charge in [0.1, 0.15) is 13.2 Å². The fourth-order valence-corrected chi connectivity index (χ4v) is 8.14. The van der Waals surface area contributed by atoms with Crippen LogP contribution in [-0.4, -0.2) is 37.2 Å². The topological polar surface area (TPSA) is 78.9 Å². The van der Waals surface area contributed by atoms with Crippen LogP contribution in [0.3, 0.4) is 0 Å². The molecule has 0 fully saturated rings. The van der Waals surface area contributed by atoms with Gasteiger partial charge in [-0.05, 0) is 109 Å². The molecule has 74 heavy (non-hydrogen) atoms. The average Bonchev–Trinajstić information content (AvgIpc) is 3.40. The summed E-state index contributed by atoms with van der Waals surface area (Å²) in [5.74, 6) is -0.968. The van der Waals surface area contributed by atoms with Crippen LogP contribution in [0, 0.1) is 0 Å². The molecule has 0 rings (SSSR count). The Kier molecular flexibility index (Phi) is 57.9. The van der Waals surface area contributed by atoms with Crippen molar-refractivity contribution in [3.63, 3.8) is 0 Å². The zero-order valence-corrected chi connectivity index (χ0v) is 48.1. The van der Waals surface area contributed by atoms with E-state index in [0.717, 1.165) is 116 Å². The molecule has 1 unspecified atom stereocenters. The van der Waals surface area contributed by atoms with Crippen molar-refractivity contribution in [1.29, 1.82) is 0 Å². The lowest BCUT2D eigenvalue weighted by molar-refractivity contribution is -0.167. The molecule has 0 aliphatic heterocycles. The molecule has 0 aliphatic carbocycles. The van der Waals surface area contributed by atoms with E-state index in [9.17, 15) is 14.4 Å². The van der Waals surface area contributed by atoms with Crippen molar-refractivity contribution >= 4 is 17.9 Å². The van der Waals surface area contributed by atoms with Gasteiger partial charge in [-0.3, -0.25) is 14.4 Å². The van der Waals surface area contributed by atoms with Crippen molar-refractivity contribution in [3.05, 3.63) is 122 Å². The molecule has 1 atom stereocenters. The minimum Gasteiger partial charge on any atom is -0.462 e. The first-order chi connectivity index (χ1) is 36.5. The Hall–Kier alpha value is -4.19. The quantitative estimate of drug-likeness (QED) is 0.0261. The molecule has 0 aromatic rings. The Labute approximate surface area is 456 Å². The Morgan fingerprint density at radius 1 is 0.284 bits per heavy atom. The van der Waals surface area contributed by atoms with Gasteiger partial charge < -0.3 is 14.2 Å². The van der Waals surface area contributed by atoms with Crippen molar-refractivity contribution in [2.75, 3.05) is 13.2 Å². The fourth-order valence-electron chi connectivity index (χ4n) is 8.14. The van der Waals surface area contributed by atoms with Crippen LogP contribution in [0.2, 0.25) is 0 Å². The minimum absolute atomic E-state index is 0.100. The number of unbranched alkanes of at least 4 members (excludes halogenated alkanes) is 23. The van der Waals surface area contributed by atoms with Crippen LogP contribution in [0.4, 0.5) is 0 Å². The monoisotopic (exact) mass is 1020 g/mol. The van der Waals surface area contributed by atoms with Crippen LogP contribution in [0.5, 0.6) is 0 Å². The number of esters is 3. The van der Waals surface area contributed by atoms with Crippen molar-refractivity contribution < 1.29 is 28.6 Å². The molecule has 6 nitrogen and oxygen atoms in total. The molecule has 0 amide bonds. The highest BCUT2D eigenvalue weighted by molar-refractivity contribution is 5.71. The Bertz CT molecular complexity index is 1550. The molecular weight excluding hydrogens is 913 g/mol. The molecule has 0 aromatic carbocycles. The standard InChI is InChI=1S/C68H112O6/c1-4-7-10-13-16-19-22-25-27-28-29-30-31-32-33-34-35-36-37-38-39-40-42-43-46-49-52-55-58-61-67(70)73-64-65(63-72-66(69)60-57-54-51-48-45-24-21-18-15-12-9-6-3)74-68(71)62-59-56-53-50-47-44-41-26-23-20-17-14-11-8-5-2/h7,10,16,18-19,21,25,27,29-30,32-33,35-36,38-39,42-43,49,52,65H,4-6,8-9,11-15,17,20,22-24,26,28,31,34,37,40-41,44-48,50-51,53-64H2,1-3H3/b10-7-,19-16-,21-18-,27-25-,30-29-,33-32-,36-35-,39-38-,43-42-,52-49-. The van der Waals surface area contributed by atoms with Gasteiger partial charge in [0.05, 0.1) is 0 Å². The maximum Gasteiger partial charge on any atom is 0.306 e. The summed E-state index contributed by atoms with van der Waals surface area (Å²) in [7, 11) is 0. The van der Waals surface area contributed by atoms with E-state index in [1.165, 1.54) is 109 Å². The predicted molar refractivity (Wildman–Crippen MR) is 320 cm³/mol. The largest absolute Gasteiger partial charge is 0.462 e. The molecular formula is C68H112O6. The SMILES string of the molecule is CC/C=C\C/C=C\C/C=C\C/C=C\C/C=C\C/C=C\C/C=C\C/C=C\C/C=C\CCCC(=O)OCC(COC(=O)CCCCCCC/C=C\CCCCC)OC(=O)CCCCCCCCCCCCCCCCC. The smallest absolute Gasteiger partial charge is 0.306 e. The molecule has 0 radical (unpaired) electrons. The van der Waals surface area contributed by atoms with Gasteiger partial charge in [0.2, 0.25) is 0 Å². The van der Waals surface area contributed by atoms with Crippen LogP contribution in [0.1, 0.15) is 271 Å². The van der Waals surface area contributed by atoms with Crippen LogP contribution in [0.25, 0.3) is 0 Å². The summed E-state index contributed by atoms with van der Waals surface area (Å²) in [6, 6.07) is 0. The number of ether oxygens (including phenoxy) is 3. The molecule has 0 heterocycles. The molecule has 0 saturated carbocycles. The number of hydrogen-bond donors (Lipinski definition) is 0. The third-order valence-electron chi connectivity index (χ3n) is 12.7. The second-order valence-electron chi connectivity index (χ2n) is 19.9. The summed E-state index contributed by atoms with van der Waals surface area (Å²) in [6.07, 6.45) is 84.9. The van der Waals surface area contributed by atoms with Crippen LogP contribution in [0.15, 0.2) is 122 Å². The van der Waals surface area contributed by atoms with Gasteiger partial charge in [0.25, 0.3) is 0 Å². The van der Waals surface area contributed by atoms with E-state index in [1.54, 1.807) is 0 Å². The van der Waals surface area contributed by atoms with Crippen LogP contribution < -0.4 is 0 Å². The minimum atomic E-state index is -0.806. The Balaban J connectivity index is 4.41. The first kappa shape index (κ1) is 69.8. The Morgan fingerprint density at radius 2 is 0.541 bits per heavy atom. The first-order valence-electron chi connectivity index (χ1n) is 30.5. The van der Waals surface area contributed by atoms with E-state index in [1.807, 2.05) is 0 Å². The summed E-state index contributed by atoms with van der Waals surface area (Å²) in [5.41, 5.74) is 0. The summed E-state index contributed by atoms with van der Waals surface area (Å²) in [5, 5.41) is 0. The van der Waals surface area contributed by atoms with Gasteiger partial charge in [0, 0.05) is 19.3 Å². The fraction of sp³-hybridized carbons (Fsp3) is 0.662. The highest BCUT2D eigenvalue weighted by Crippen LogP contribution is 2.15. The number of hydrogen-bond acceptors (Lipinski definition) is 6. The third kappa shape index (κ3) is 58.7.